The van der Waals surface area contributed by atoms with Gasteiger partial charge in [0.05, 0.1) is 0 Å². The summed E-state index contributed by atoms with van der Waals surface area (Å²) in [6.45, 7) is 21.6. The van der Waals surface area contributed by atoms with Gasteiger partial charge >= 0.3 is 0 Å². The van der Waals surface area contributed by atoms with Crippen LogP contribution in [0.2, 0.25) is 0 Å². The van der Waals surface area contributed by atoms with Gasteiger partial charge in [0.1, 0.15) is 5.82 Å². The summed E-state index contributed by atoms with van der Waals surface area (Å²) in [5.41, 5.74) is 2.05. The molecule has 0 radical (unpaired) electrons. The van der Waals surface area contributed by atoms with Crippen LogP contribution >= 0.6 is 0 Å². The normalized spacial score (nSPS) is 23.5. The van der Waals surface area contributed by atoms with Crippen LogP contribution in [0.15, 0.2) is 41.8 Å². The van der Waals surface area contributed by atoms with Gasteiger partial charge in [0, 0.05) is 75.9 Å². The second-order valence-electron chi connectivity index (χ2n) is 7.59. The monoisotopic (exact) mass is 373 g/mol. The molecule has 2 unspecified atom stereocenters. The van der Waals surface area contributed by atoms with Crippen LogP contribution in [0, 0.1) is 0 Å². The maximum Gasteiger partial charge on any atom is 0.246 e. The van der Waals surface area contributed by atoms with E-state index in [4.69, 9.17) is 0 Å². The van der Waals surface area contributed by atoms with Gasteiger partial charge in [-0.3, -0.25) is 9.69 Å². The second-order valence-corrected chi connectivity index (χ2v) is 7.59. The Balaban J connectivity index is 1.95. The molecule has 0 aromatic heterocycles. The summed E-state index contributed by atoms with van der Waals surface area (Å²) in [6, 6.07) is 0.926. The highest BCUT2D eigenvalue weighted by Gasteiger charge is 2.40. The summed E-state index contributed by atoms with van der Waals surface area (Å²) in [6.07, 6.45) is 3.50. The van der Waals surface area contributed by atoms with Crippen LogP contribution in [0.5, 0.6) is 0 Å². The maximum absolute atomic E-state index is 11.7. The number of aliphatic imine (C=N–C) groups is 1. The van der Waals surface area contributed by atoms with Crippen LogP contribution in [-0.2, 0) is 4.79 Å². The molecular formula is C21H35N5O. The van der Waals surface area contributed by atoms with Crippen molar-refractivity contribution < 1.29 is 4.79 Å². The van der Waals surface area contributed by atoms with Gasteiger partial charge in [0.25, 0.3) is 0 Å². The van der Waals surface area contributed by atoms with Gasteiger partial charge in [-0.2, -0.15) is 0 Å². The molecule has 0 saturated carbocycles. The van der Waals surface area contributed by atoms with Crippen molar-refractivity contribution in [2.24, 2.45) is 4.99 Å². The topological polar surface area (TPSA) is 42.4 Å². The first kappa shape index (κ1) is 21.2. The van der Waals surface area contributed by atoms with E-state index in [-0.39, 0.29) is 5.91 Å². The number of carbonyl (C=O) groups excluding carboxylic acids is 1. The highest BCUT2D eigenvalue weighted by molar-refractivity contribution is 5.87. The summed E-state index contributed by atoms with van der Waals surface area (Å²) < 4.78 is 0. The van der Waals surface area contributed by atoms with E-state index >= 15 is 0 Å². The van der Waals surface area contributed by atoms with E-state index in [1.807, 2.05) is 18.7 Å². The van der Waals surface area contributed by atoms with Crippen LogP contribution in [0.4, 0.5) is 0 Å². The van der Waals surface area contributed by atoms with Crippen molar-refractivity contribution in [3.63, 3.8) is 0 Å². The summed E-state index contributed by atoms with van der Waals surface area (Å²) in [5.74, 6) is 0.991. The minimum Gasteiger partial charge on any atom is -0.366 e. The van der Waals surface area contributed by atoms with Gasteiger partial charge in [-0.05, 0) is 33.8 Å². The number of carbonyl (C=O) groups is 1. The Labute approximate surface area is 164 Å². The zero-order valence-electron chi connectivity index (χ0n) is 17.6. The lowest BCUT2D eigenvalue weighted by Gasteiger charge is -2.54. The fourth-order valence-corrected chi connectivity index (χ4v) is 3.64. The Hall–Kier alpha value is -2.08. The molecule has 6 nitrogen and oxygen atoms in total. The number of nitrogens with zero attached hydrogens (tertiary/aromatic N) is 5. The number of amides is 1. The molecule has 2 saturated heterocycles. The third-order valence-electron chi connectivity index (χ3n) is 5.57. The third-order valence-corrected chi connectivity index (χ3v) is 5.57. The van der Waals surface area contributed by atoms with Crippen molar-refractivity contribution in [2.75, 3.05) is 46.3 Å². The summed E-state index contributed by atoms with van der Waals surface area (Å²) in [5, 5.41) is 0. The van der Waals surface area contributed by atoms with E-state index < -0.39 is 0 Å². The van der Waals surface area contributed by atoms with E-state index in [1.165, 1.54) is 6.08 Å². The first-order chi connectivity index (χ1) is 12.8. The van der Waals surface area contributed by atoms with Crippen molar-refractivity contribution in [3.8, 4) is 0 Å². The molecule has 0 spiro atoms. The first-order valence-electron chi connectivity index (χ1n) is 9.84. The number of rotatable bonds is 7. The average Bonchev–Trinajstić information content (AvgIpc) is 2.65. The van der Waals surface area contributed by atoms with Gasteiger partial charge in [-0.1, -0.05) is 13.2 Å². The minimum atomic E-state index is 0.0378. The van der Waals surface area contributed by atoms with Crippen molar-refractivity contribution in [1.29, 1.82) is 0 Å². The highest BCUT2D eigenvalue weighted by Crippen LogP contribution is 2.29. The molecule has 0 aromatic carbocycles. The Morgan fingerprint density at radius 1 is 1.26 bits per heavy atom. The smallest absolute Gasteiger partial charge is 0.246 e. The molecule has 150 valence electrons. The zero-order chi connectivity index (χ0) is 20.1. The lowest BCUT2D eigenvalue weighted by Crippen LogP contribution is -2.67. The first-order valence-corrected chi connectivity index (χ1v) is 9.84. The van der Waals surface area contributed by atoms with Gasteiger partial charge in [-0.15, -0.1) is 0 Å². The fourth-order valence-electron chi connectivity index (χ4n) is 3.64. The van der Waals surface area contributed by atoms with Crippen molar-refractivity contribution in [1.82, 2.24) is 19.6 Å². The molecule has 0 aliphatic carbocycles. The van der Waals surface area contributed by atoms with E-state index in [9.17, 15) is 4.79 Å². The van der Waals surface area contributed by atoms with E-state index in [0.717, 1.165) is 56.5 Å². The summed E-state index contributed by atoms with van der Waals surface area (Å²) in [7, 11) is 2.05. The van der Waals surface area contributed by atoms with Crippen LogP contribution in [-0.4, -0.2) is 89.6 Å². The number of hydrogen-bond acceptors (Lipinski definition) is 5. The lowest BCUT2D eigenvalue weighted by atomic mass is 9.94. The molecule has 2 heterocycles. The molecule has 2 aliphatic rings. The highest BCUT2D eigenvalue weighted by atomic mass is 16.2. The van der Waals surface area contributed by atoms with E-state index in [0.29, 0.717) is 12.1 Å². The van der Waals surface area contributed by atoms with Gasteiger partial charge in [-0.25, -0.2) is 4.99 Å². The molecule has 2 atom stereocenters. The standard InChI is InChI=1S/C21H35N5O/c1-8-21(27)25-12-10-24(11-13-25)19-15-26(18(19)6)17(5)14-20(22-16(3)4)23(7)9-2/h8,14,18-19H,1,5,9-13,15H2,2-4,6-7H3/b20-14+. The van der Waals surface area contributed by atoms with Crippen molar-refractivity contribution >= 4 is 11.6 Å². The Morgan fingerprint density at radius 2 is 1.89 bits per heavy atom. The quantitative estimate of drug-likeness (QED) is 0.390. The van der Waals surface area contributed by atoms with Gasteiger partial charge in [0.15, 0.2) is 0 Å². The molecule has 1 amide bonds. The average molecular weight is 374 g/mol. The summed E-state index contributed by atoms with van der Waals surface area (Å²) in [4.78, 5) is 25.3. The molecule has 27 heavy (non-hydrogen) atoms. The molecular weight excluding hydrogens is 338 g/mol. The van der Waals surface area contributed by atoms with E-state index in [2.05, 4.69) is 59.8 Å². The molecule has 2 fully saturated rings. The Bertz CT molecular complexity index is 626. The molecule has 2 rings (SSSR count). The van der Waals surface area contributed by atoms with Gasteiger partial charge in [0.2, 0.25) is 5.91 Å². The van der Waals surface area contributed by atoms with Gasteiger partial charge < -0.3 is 14.7 Å². The third kappa shape index (κ3) is 5.01. The molecule has 2 aliphatic heterocycles. The number of likely N-dealkylation sites (tertiary alicyclic amines) is 1. The molecule has 6 heteroatoms. The predicted molar refractivity (Wildman–Crippen MR) is 113 cm³/mol. The van der Waals surface area contributed by atoms with Crippen LogP contribution in [0.1, 0.15) is 27.7 Å². The lowest BCUT2D eigenvalue weighted by molar-refractivity contribution is -0.129. The van der Waals surface area contributed by atoms with Crippen molar-refractivity contribution in [3.05, 3.63) is 36.8 Å². The van der Waals surface area contributed by atoms with Crippen molar-refractivity contribution in [2.45, 2.75) is 39.8 Å². The summed E-state index contributed by atoms with van der Waals surface area (Å²) >= 11 is 0. The second kappa shape index (κ2) is 9.22. The number of allylic oxidation sites excluding steroid dienone is 1. The largest absolute Gasteiger partial charge is 0.366 e. The SMILES string of the molecule is C=CC(=O)N1CCN(C2CN(C(=C)/C=C(\N=C(C)C)N(C)CC)C2C)CC1. The number of piperazine rings is 1. The fraction of sp³-hybridized carbons (Fsp3) is 0.619. The molecule has 0 bridgehead atoms. The van der Waals surface area contributed by atoms with Crippen LogP contribution in [0.3, 0.4) is 0 Å². The van der Waals surface area contributed by atoms with Crippen LogP contribution in [0.25, 0.3) is 0 Å². The minimum absolute atomic E-state index is 0.0378. The predicted octanol–water partition coefficient (Wildman–Crippen LogP) is 2.18. The molecule has 0 aromatic rings. The van der Waals surface area contributed by atoms with Crippen LogP contribution < -0.4 is 0 Å². The maximum atomic E-state index is 11.7. The Kier molecular flexibility index (Phi) is 7.25. The van der Waals surface area contributed by atoms with E-state index in [1.54, 1.807) is 0 Å². The molecule has 0 N–H and O–H groups in total. The number of hydrogen-bond donors (Lipinski definition) is 0. The Morgan fingerprint density at radius 3 is 2.37 bits per heavy atom. The zero-order valence-corrected chi connectivity index (χ0v) is 17.6.